The molecule has 20 heavy (non-hydrogen) atoms. The molecule has 1 fully saturated rings. The first-order valence-electron chi connectivity index (χ1n) is 7.72. The van der Waals surface area contributed by atoms with Crippen LogP contribution in [-0.2, 0) is 0 Å². The van der Waals surface area contributed by atoms with Crippen LogP contribution in [0.2, 0.25) is 0 Å². The Morgan fingerprint density at radius 1 is 1.40 bits per heavy atom. The molecule has 3 nitrogen and oxygen atoms in total. The Morgan fingerprint density at radius 2 is 2.20 bits per heavy atom. The summed E-state index contributed by atoms with van der Waals surface area (Å²) in [6.45, 7) is 9.06. The molecule has 3 heteroatoms. The van der Waals surface area contributed by atoms with Gasteiger partial charge in [0.05, 0.1) is 0 Å². The number of hydrogen-bond acceptors (Lipinski definition) is 2. The minimum atomic E-state index is 0.196. The van der Waals surface area contributed by atoms with Gasteiger partial charge in [-0.2, -0.15) is 0 Å². The number of aryl methyl sites for hydroxylation is 2. The predicted octanol–water partition coefficient (Wildman–Crippen LogP) is 2.91. The molecule has 1 aliphatic rings. The zero-order valence-corrected chi connectivity index (χ0v) is 12.9. The summed E-state index contributed by atoms with van der Waals surface area (Å²) >= 11 is 0. The monoisotopic (exact) mass is 274 g/mol. The van der Waals surface area contributed by atoms with Crippen molar-refractivity contribution in [2.24, 2.45) is 0 Å². The Labute approximate surface area is 122 Å². The highest BCUT2D eigenvalue weighted by atomic mass is 16.2. The lowest BCUT2D eigenvalue weighted by Crippen LogP contribution is -2.49. The minimum absolute atomic E-state index is 0.196. The normalized spacial score (nSPS) is 18.9. The molecular formula is C17H26N2O. The van der Waals surface area contributed by atoms with Crippen molar-refractivity contribution in [1.29, 1.82) is 0 Å². The van der Waals surface area contributed by atoms with Crippen molar-refractivity contribution < 1.29 is 4.79 Å². The van der Waals surface area contributed by atoms with Gasteiger partial charge in [-0.3, -0.25) is 4.79 Å². The van der Waals surface area contributed by atoms with E-state index in [2.05, 4.69) is 23.2 Å². The first kappa shape index (κ1) is 15.0. The van der Waals surface area contributed by atoms with Gasteiger partial charge in [0.1, 0.15) is 0 Å². The van der Waals surface area contributed by atoms with Crippen molar-refractivity contribution in [3.8, 4) is 0 Å². The molecule has 1 atom stereocenters. The van der Waals surface area contributed by atoms with E-state index in [1.165, 1.54) is 0 Å². The third kappa shape index (κ3) is 3.40. The van der Waals surface area contributed by atoms with Crippen molar-refractivity contribution in [3.63, 3.8) is 0 Å². The van der Waals surface area contributed by atoms with Crippen molar-refractivity contribution in [3.05, 3.63) is 34.9 Å². The van der Waals surface area contributed by atoms with Gasteiger partial charge < -0.3 is 10.2 Å². The van der Waals surface area contributed by atoms with E-state index in [0.29, 0.717) is 6.04 Å². The highest BCUT2D eigenvalue weighted by Gasteiger charge is 2.26. The molecule has 1 heterocycles. The summed E-state index contributed by atoms with van der Waals surface area (Å²) in [6, 6.07) is 6.48. The van der Waals surface area contributed by atoms with Crippen molar-refractivity contribution in [2.45, 2.75) is 46.1 Å². The fourth-order valence-corrected chi connectivity index (χ4v) is 2.91. The number of carbonyl (C=O) groups excluding carboxylic acids is 1. The number of benzene rings is 1. The minimum Gasteiger partial charge on any atom is -0.334 e. The summed E-state index contributed by atoms with van der Waals surface area (Å²) in [6.07, 6.45) is 3.28. The maximum atomic E-state index is 12.9. The SMILES string of the molecule is CCCN(C(=O)c1cc(C)ccc1C)C1CCCNC1. The van der Waals surface area contributed by atoms with Crippen molar-refractivity contribution in [1.82, 2.24) is 10.2 Å². The zero-order valence-electron chi connectivity index (χ0n) is 12.9. The molecule has 2 rings (SSSR count). The van der Waals surface area contributed by atoms with Crippen LogP contribution in [0.3, 0.4) is 0 Å². The van der Waals surface area contributed by atoms with E-state index < -0.39 is 0 Å². The molecule has 0 bridgehead atoms. The summed E-state index contributed by atoms with van der Waals surface area (Å²) in [5, 5.41) is 3.41. The van der Waals surface area contributed by atoms with Crippen LogP contribution in [0, 0.1) is 13.8 Å². The number of hydrogen-bond donors (Lipinski definition) is 1. The Bertz CT molecular complexity index is 464. The molecule has 0 aromatic heterocycles. The standard InChI is InChI=1S/C17H26N2O/c1-4-10-19(15-6-5-9-18-12-15)17(20)16-11-13(2)7-8-14(16)3/h7-8,11,15,18H,4-6,9-10,12H2,1-3H3. The molecule has 110 valence electrons. The van der Waals surface area contributed by atoms with Crippen molar-refractivity contribution >= 4 is 5.91 Å². The smallest absolute Gasteiger partial charge is 0.254 e. The van der Waals surface area contributed by atoms with Gasteiger partial charge in [0.2, 0.25) is 0 Å². The third-order valence-electron chi connectivity index (χ3n) is 4.06. The van der Waals surface area contributed by atoms with Gasteiger partial charge in [-0.1, -0.05) is 24.6 Å². The Balaban J connectivity index is 2.23. The van der Waals surface area contributed by atoms with Crippen LogP contribution < -0.4 is 5.32 Å². The maximum Gasteiger partial charge on any atom is 0.254 e. The molecule has 1 N–H and O–H groups in total. The van der Waals surface area contributed by atoms with Gasteiger partial charge in [0, 0.05) is 24.7 Å². The van der Waals surface area contributed by atoms with Gasteiger partial charge in [0.25, 0.3) is 5.91 Å². The zero-order chi connectivity index (χ0) is 14.5. The number of amides is 1. The lowest BCUT2D eigenvalue weighted by molar-refractivity contribution is 0.0648. The third-order valence-corrected chi connectivity index (χ3v) is 4.06. The van der Waals surface area contributed by atoms with Gasteiger partial charge >= 0.3 is 0 Å². The van der Waals surface area contributed by atoms with Crippen LogP contribution in [0.25, 0.3) is 0 Å². The lowest BCUT2D eigenvalue weighted by Gasteiger charge is -2.35. The van der Waals surface area contributed by atoms with Crippen LogP contribution in [0.1, 0.15) is 47.7 Å². The Hall–Kier alpha value is -1.35. The fourth-order valence-electron chi connectivity index (χ4n) is 2.91. The second kappa shape index (κ2) is 6.89. The number of piperidine rings is 1. The van der Waals surface area contributed by atoms with Gasteiger partial charge in [-0.25, -0.2) is 0 Å². The predicted molar refractivity (Wildman–Crippen MR) is 83.1 cm³/mol. The number of nitrogens with zero attached hydrogens (tertiary/aromatic N) is 1. The summed E-state index contributed by atoms with van der Waals surface area (Å²) in [5.41, 5.74) is 3.09. The van der Waals surface area contributed by atoms with E-state index in [1.54, 1.807) is 0 Å². The molecule has 0 spiro atoms. The first-order chi connectivity index (χ1) is 9.63. The van der Waals surface area contributed by atoms with Crippen LogP contribution in [0.15, 0.2) is 18.2 Å². The number of rotatable bonds is 4. The Kier molecular flexibility index (Phi) is 5.18. The first-order valence-corrected chi connectivity index (χ1v) is 7.72. The largest absolute Gasteiger partial charge is 0.334 e. The van der Waals surface area contributed by atoms with Crippen LogP contribution in [-0.4, -0.2) is 36.5 Å². The van der Waals surface area contributed by atoms with E-state index in [9.17, 15) is 4.79 Å². The molecular weight excluding hydrogens is 248 g/mol. The highest BCUT2D eigenvalue weighted by molar-refractivity contribution is 5.96. The van der Waals surface area contributed by atoms with E-state index in [4.69, 9.17) is 0 Å². The van der Waals surface area contributed by atoms with Crippen LogP contribution >= 0.6 is 0 Å². The second-order valence-electron chi connectivity index (χ2n) is 5.82. The Morgan fingerprint density at radius 3 is 2.85 bits per heavy atom. The van der Waals surface area contributed by atoms with Crippen LogP contribution in [0.5, 0.6) is 0 Å². The topological polar surface area (TPSA) is 32.3 Å². The fraction of sp³-hybridized carbons (Fsp3) is 0.588. The average molecular weight is 274 g/mol. The van der Waals surface area contributed by atoms with Gasteiger partial charge in [-0.15, -0.1) is 0 Å². The molecule has 1 aromatic rings. The summed E-state index contributed by atoms with van der Waals surface area (Å²) < 4.78 is 0. The lowest BCUT2D eigenvalue weighted by atomic mass is 10.0. The quantitative estimate of drug-likeness (QED) is 0.915. The average Bonchev–Trinajstić information content (AvgIpc) is 2.47. The summed E-state index contributed by atoms with van der Waals surface area (Å²) in [5.74, 6) is 0.196. The number of nitrogens with one attached hydrogen (secondary N) is 1. The van der Waals surface area contributed by atoms with Gasteiger partial charge in [0.15, 0.2) is 0 Å². The van der Waals surface area contributed by atoms with Gasteiger partial charge in [-0.05, 0) is 51.3 Å². The molecule has 0 radical (unpaired) electrons. The molecule has 1 aromatic carbocycles. The van der Waals surface area contributed by atoms with Crippen LogP contribution in [0.4, 0.5) is 0 Å². The van der Waals surface area contributed by atoms with E-state index in [0.717, 1.165) is 55.6 Å². The maximum absolute atomic E-state index is 12.9. The molecule has 1 aliphatic heterocycles. The highest BCUT2D eigenvalue weighted by Crippen LogP contribution is 2.18. The summed E-state index contributed by atoms with van der Waals surface area (Å²) in [4.78, 5) is 15.0. The van der Waals surface area contributed by atoms with Crippen molar-refractivity contribution in [2.75, 3.05) is 19.6 Å². The molecule has 1 saturated heterocycles. The van der Waals surface area contributed by atoms with E-state index in [1.807, 2.05) is 26.0 Å². The molecule has 1 amide bonds. The van der Waals surface area contributed by atoms with E-state index in [-0.39, 0.29) is 5.91 Å². The summed E-state index contributed by atoms with van der Waals surface area (Å²) in [7, 11) is 0. The molecule has 1 unspecified atom stereocenters. The second-order valence-corrected chi connectivity index (χ2v) is 5.82. The molecule has 0 aliphatic carbocycles. The molecule has 0 saturated carbocycles. The number of carbonyl (C=O) groups is 1. The van der Waals surface area contributed by atoms with E-state index >= 15 is 0 Å².